The highest BCUT2D eigenvalue weighted by Crippen LogP contribution is 2.40. The van der Waals surface area contributed by atoms with Crippen LogP contribution in [0.3, 0.4) is 0 Å². The van der Waals surface area contributed by atoms with E-state index in [0.29, 0.717) is 17.2 Å². The minimum absolute atomic E-state index is 0.171. The van der Waals surface area contributed by atoms with E-state index in [-0.39, 0.29) is 11.6 Å². The number of benzene rings is 1. The first-order valence-corrected chi connectivity index (χ1v) is 10.2. The monoisotopic (exact) mass is 402 g/mol. The predicted molar refractivity (Wildman–Crippen MR) is 110 cm³/mol. The van der Waals surface area contributed by atoms with Crippen LogP contribution < -0.4 is 10.3 Å². The van der Waals surface area contributed by atoms with Crippen molar-refractivity contribution in [2.45, 2.75) is 46.1 Å². The van der Waals surface area contributed by atoms with Crippen LogP contribution >= 0.6 is 0 Å². The van der Waals surface area contributed by atoms with Crippen LogP contribution in [0.4, 0.5) is 14.3 Å². The van der Waals surface area contributed by atoms with E-state index in [4.69, 9.17) is 0 Å². The van der Waals surface area contributed by atoms with Gasteiger partial charge >= 0.3 is 13.4 Å². The highest BCUT2D eigenvalue weighted by Gasteiger charge is 2.31. The first-order valence-electron chi connectivity index (χ1n) is 10.2. The van der Waals surface area contributed by atoms with E-state index in [1.54, 1.807) is 6.07 Å². The van der Waals surface area contributed by atoms with Gasteiger partial charge in [0.15, 0.2) is 0 Å². The van der Waals surface area contributed by atoms with Crippen LogP contribution in [-0.2, 0) is 4.65 Å². The second kappa shape index (κ2) is 7.46. The largest absolute Gasteiger partial charge is 0.798 e. The summed E-state index contributed by atoms with van der Waals surface area (Å²) >= 11 is 0. The van der Waals surface area contributed by atoms with Gasteiger partial charge in [-0.3, -0.25) is 4.79 Å². The Morgan fingerprint density at radius 1 is 1.17 bits per heavy atom. The maximum Gasteiger partial charge on any atom is 0.798 e. The molecule has 1 saturated heterocycles. The summed E-state index contributed by atoms with van der Waals surface area (Å²) in [5.74, 6) is -0.0985. The number of aryl methyl sites for hydroxylation is 1. The van der Waals surface area contributed by atoms with Crippen molar-refractivity contribution < 1.29 is 18.1 Å². The fourth-order valence-electron chi connectivity index (χ4n) is 4.75. The van der Waals surface area contributed by atoms with E-state index in [9.17, 15) is 18.2 Å². The SMILES string of the molecule is Cc1c(N2CC(C)CC(C)C2)ccc2c(=O)c(C(=O)OB(F)F)cn(C3CC3)c12. The molecule has 4 rings (SSSR count). The molecule has 2 aromatic rings. The lowest BCUT2D eigenvalue weighted by molar-refractivity contribution is 0.0693. The molecule has 5 nitrogen and oxygen atoms in total. The average Bonchev–Trinajstić information content (AvgIpc) is 3.46. The van der Waals surface area contributed by atoms with Crippen molar-refractivity contribution in [2.75, 3.05) is 18.0 Å². The second-order valence-corrected chi connectivity index (χ2v) is 8.63. The zero-order valence-electron chi connectivity index (χ0n) is 17.0. The van der Waals surface area contributed by atoms with Gasteiger partial charge in [0.05, 0.1) is 5.52 Å². The average molecular weight is 402 g/mol. The minimum Gasteiger partial charge on any atom is -0.474 e. The molecule has 0 amide bonds. The van der Waals surface area contributed by atoms with Crippen molar-refractivity contribution in [1.29, 1.82) is 0 Å². The third-order valence-corrected chi connectivity index (χ3v) is 5.98. The third kappa shape index (κ3) is 3.77. The van der Waals surface area contributed by atoms with Crippen LogP contribution in [0.2, 0.25) is 0 Å². The first-order chi connectivity index (χ1) is 13.8. The quantitative estimate of drug-likeness (QED) is 0.720. The summed E-state index contributed by atoms with van der Waals surface area (Å²) in [6.07, 6.45) is 4.47. The number of nitrogens with zero attached hydrogens (tertiary/aromatic N) is 2. The van der Waals surface area contributed by atoms with Crippen LogP contribution in [0.5, 0.6) is 0 Å². The molecule has 2 heterocycles. The van der Waals surface area contributed by atoms with Gasteiger partial charge in [0, 0.05) is 36.4 Å². The first kappa shape index (κ1) is 19.9. The number of carbonyl (C=O) groups is 1. The molecule has 0 N–H and O–H groups in total. The molecule has 29 heavy (non-hydrogen) atoms. The summed E-state index contributed by atoms with van der Waals surface area (Å²) in [5, 5.41) is 0.375. The second-order valence-electron chi connectivity index (χ2n) is 8.63. The number of aromatic nitrogens is 1. The highest BCUT2D eigenvalue weighted by molar-refractivity contribution is 6.38. The molecular weight excluding hydrogens is 377 g/mol. The molecule has 2 unspecified atom stereocenters. The summed E-state index contributed by atoms with van der Waals surface area (Å²) in [6, 6.07) is 3.81. The van der Waals surface area contributed by atoms with Crippen molar-refractivity contribution in [2.24, 2.45) is 11.8 Å². The summed E-state index contributed by atoms with van der Waals surface area (Å²) < 4.78 is 30.9. The minimum atomic E-state index is -3.25. The molecule has 1 aliphatic heterocycles. The van der Waals surface area contributed by atoms with Crippen LogP contribution in [0.1, 0.15) is 55.1 Å². The highest BCUT2D eigenvalue weighted by atomic mass is 19.2. The van der Waals surface area contributed by atoms with Crippen LogP contribution in [0.25, 0.3) is 10.9 Å². The Morgan fingerprint density at radius 2 is 1.83 bits per heavy atom. The van der Waals surface area contributed by atoms with E-state index in [1.165, 1.54) is 12.6 Å². The van der Waals surface area contributed by atoms with Gasteiger partial charge in [0.25, 0.3) is 0 Å². The van der Waals surface area contributed by atoms with E-state index < -0.39 is 18.9 Å². The molecule has 1 aliphatic carbocycles. The van der Waals surface area contributed by atoms with E-state index >= 15 is 0 Å². The molecule has 0 radical (unpaired) electrons. The Labute approximate surface area is 168 Å². The number of hydrogen-bond donors (Lipinski definition) is 0. The van der Waals surface area contributed by atoms with Gasteiger partial charge in [-0.05, 0) is 55.7 Å². The Bertz CT molecular complexity index is 1010. The molecule has 154 valence electrons. The predicted octanol–water partition coefficient (Wildman–Crippen LogP) is 4.21. The molecular formula is C21H25BF2N2O3. The topological polar surface area (TPSA) is 51.5 Å². The molecule has 2 aliphatic rings. The maximum atomic E-state index is 12.9. The standard InChI is InChI=1S/C21H25BF2N2O3/c1-12-8-13(2)10-25(9-12)18-7-6-16-19(14(18)3)26(15-4-5-15)11-17(20(16)27)21(28)29-22(23)24/h6-7,11-13,15H,4-5,8-10H2,1-3H3. The van der Waals surface area contributed by atoms with Gasteiger partial charge in [0.1, 0.15) is 5.56 Å². The molecule has 2 atom stereocenters. The fourth-order valence-corrected chi connectivity index (χ4v) is 4.75. The Hall–Kier alpha value is -2.38. The lowest BCUT2D eigenvalue weighted by Crippen LogP contribution is -2.39. The summed E-state index contributed by atoms with van der Waals surface area (Å²) in [7, 11) is -3.25. The van der Waals surface area contributed by atoms with Crippen molar-refractivity contribution >= 4 is 30.0 Å². The molecule has 2 fully saturated rings. The van der Waals surface area contributed by atoms with E-state index in [0.717, 1.165) is 42.7 Å². The van der Waals surface area contributed by atoms with E-state index in [1.807, 2.05) is 17.6 Å². The summed E-state index contributed by atoms with van der Waals surface area (Å²) in [6.45, 7) is 8.42. The van der Waals surface area contributed by atoms with Crippen molar-refractivity contribution in [3.63, 3.8) is 0 Å². The van der Waals surface area contributed by atoms with Crippen molar-refractivity contribution in [3.05, 3.63) is 39.7 Å². The zero-order valence-corrected chi connectivity index (χ0v) is 17.0. The van der Waals surface area contributed by atoms with Gasteiger partial charge < -0.3 is 14.1 Å². The molecule has 0 spiro atoms. The normalized spacial score (nSPS) is 22.0. The van der Waals surface area contributed by atoms with Crippen LogP contribution in [0.15, 0.2) is 23.1 Å². The molecule has 1 aromatic carbocycles. The van der Waals surface area contributed by atoms with Crippen LogP contribution in [-0.4, -0.2) is 31.1 Å². The van der Waals surface area contributed by atoms with Crippen molar-refractivity contribution in [1.82, 2.24) is 4.57 Å². The van der Waals surface area contributed by atoms with E-state index in [2.05, 4.69) is 23.4 Å². The number of hydrogen-bond acceptors (Lipinski definition) is 4. The van der Waals surface area contributed by atoms with Gasteiger partial charge in [0.2, 0.25) is 5.43 Å². The number of piperidine rings is 1. The van der Waals surface area contributed by atoms with Crippen molar-refractivity contribution in [3.8, 4) is 0 Å². The number of halogens is 2. The lowest BCUT2D eigenvalue weighted by atomic mass is 9.91. The smallest absolute Gasteiger partial charge is 0.474 e. The number of fused-ring (bicyclic) bond motifs is 1. The van der Waals surface area contributed by atoms with Gasteiger partial charge in [-0.2, -0.15) is 0 Å². The maximum absolute atomic E-state index is 12.9. The molecule has 8 heteroatoms. The van der Waals surface area contributed by atoms with Gasteiger partial charge in [-0.25, -0.2) is 13.4 Å². The molecule has 1 saturated carbocycles. The summed E-state index contributed by atoms with van der Waals surface area (Å²) in [4.78, 5) is 27.3. The lowest BCUT2D eigenvalue weighted by Gasteiger charge is -2.37. The molecule has 0 bridgehead atoms. The summed E-state index contributed by atoms with van der Waals surface area (Å²) in [5.41, 5.74) is 1.97. The van der Waals surface area contributed by atoms with Gasteiger partial charge in [-0.15, -0.1) is 0 Å². The number of rotatable bonds is 4. The third-order valence-electron chi connectivity index (χ3n) is 5.98. The number of pyridine rings is 1. The Balaban J connectivity index is 1.86. The Morgan fingerprint density at radius 3 is 2.41 bits per heavy atom. The zero-order chi connectivity index (χ0) is 20.9. The Kier molecular flexibility index (Phi) is 5.13. The van der Waals surface area contributed by atoms with Gasteiger partial charge in [-0.1, -0.05) is 13.8 Å². The number of carbonyl (C=O) groups excluding carboxylic acids is 1. The molecule has 1 aromatic heterocycles. The number of anilines is 1. The van der Waals surface area contributed by atoms with Crippen LogP contribution in [0, 0.1) is 18.8 Å². The fraction of sp³-hybridized carbons (Fsp3) is 0.524.